The zero-order valence-corrected chi connectivity index (χ0v) is 13.9. The molecule has 19 heavy (non-hydrogen) atoms. The number of halogens is 1. The molecule has 2 rings (SSSR count). The van der Waals surface area contributed by atoms with Crippen LogP contribution in [-0.2, 0) is 0 Å². The van der Waals surface area contributed by atoms with Crippen LogP contribution in [0.1, 0.15) is 43.0 Å². The number of amides is 1. The Bertz CT molecular complexity index is 477. The minimum Gasteiger partial charge on any atom is -0.339 e. The summed E-state index contributed by atoms with van der Waals surface area (Å²) in [7, 11) is 1.92. The summed E-state index contributed by atoms with van der Waals surface area (Å²) in [5, 5.41) is 0. The highest BCUT2D eigenvalue weighted by Gasteiger charge is 2.26. The van der Waals surface area contributed by atoms with E-state index < -0.39 is 0 Å². The number of carbonyl (C=O) groups excluding carboxylic acids is 1. The molecule has 1 aromatic rings. The van der Waals surface area contributed by atoms with Gasteiger partial charge in [-0.05, 0) is 52.9 Å². The molecule has 1 saturated carbocycles. The van der Waals surface area contributed by atoms with E-state index >= 15 is 0 Å². The van der Waals surface area contributed by atoms with Crippen molar-refractivity contribution in [1.29, 1.82) is 0 Å². The van der Waals surface area contributed by atoms with Crippen molar-refractivity contribution < 1.29 is 4.79 Å². The summed E-state index contributed by atoms with van der Waals surface area (Å²) in [6, 6.07) is 5.96. The third kappa shape index (κ3) is 3.54. The summed E-state index contributed by atoms with van der Waals surface area (Å²) in [6.45, 7) is 2.27. The molecule has 4 heteroatoms. The van der Waals surface area contributed by atoms with Gasteiger partial charge in [0, 0.05) is 22.5 Å². The highest BCUT2D eigenvalue weighted by molar-refractivity contribution is 9.10. The molecule has 1 fully saturated rings. The van der Waals surface area contributed by atoms with Crippen LogP contribution in [0.3, 0.4) is 0 Å². The van der Waals surface area contributed by atoms with Gasteiger partial charge in [-0.1, -0.05) is 19.8 Å². The minimum atomic E-state index is 0.0851. The molecule has 0 saturated heterocycles. The normalized spacial score (nSPS) is 23.2. The number of carbonyl (C=O) groups is 1. The summed E-state index contributed by atoms with van der Waals surface area (Å²) in [6.07, 6.45) is 4.73. The molecular formula is C15H20BrNOS. The fourth-order valence-electron chi connectivity index (χ4n) is 2.79. The van der Waals surface area contributed by atoms with Gasteiger partial charge in [-0.3, -0.25) is 4.79 Å². The maximum Gasteiger partial charge on any atom is 0.255 e. The van der Waals surface area contributed by atoms with E-state index in [2.05, 4.69) is 35.5 Å². The fraction of sp³-hybridized carbons (Fsp3) is 0.533. The van der Waals surface area contributed by atoms with Crippen LogP contribution in [0.2, 0.25) is 0 Å². The van der Waals surface area contributed by atoms with Gasteiger partial charge in [0.25, 0.3) is 5.91 Å². The Kier molecular flexibility index (Phi) is 4.96. The first-order valence-corrected chi connectivity index (χ1v) is 7.98. The second-order valence-electron chi connectivity index (χ2n) is 5.51. The standard InChI is InChI=1S/C15H20BrNOS/c1-10-4-3-5-11(8-10)17(2)15(18)13-9-12(19)6-7-14(13)16/h6-7,9-11,19H,3-5,8H2,1-2H3. The molecule has 1 aliphatic carbocycles. The highest BCUT2D eigenvalue weighted by Crippen LogP contribution is 2.29. The van der Waals surface area contributed by atoms with E-state index in [0.717, 1.165) is 22.2 Å². The molecule has 1 amide bonds. The van der Waals surface area contributed by atoms with Gasteiger partial charge >= 0.3 is 0 Å². The largest absolute Gasteiger partial charge is 0.339 e. The van der Waals surface area contributed by atoms with Crippen molar-refractivity contribution >= 4 is 34.5 Å². The number of benzene rings is 1. The second-order valence-corrected chi connectivity index (χ2v) is 6.88. The van der Waals surface area contributed by atoms with Crippen molar-refractivity contribution in [2.75, 3.05) is 7.05 Å². The van der Waals surface area contributed by atoms with Crippen LogP contribution in [-0.4, -0.2) is 23.9 Å². The van der Waals surface area contributed by atoms with E-state index in [0.29, 0.717) is 17.5 Å². The molecule has 0 N–H and O–H groups in total. The van der Waals surface area contributed by atoms with Crippen LogP contribution >= 0.6 is 28.6 Å². The van der Waals surface area contributed by atoms with Crippen LogP contribution in [0.15, 0.2) is 27.6 Å². The van der Waals surface area contributed by atoms with Gasteiger partial charge < -0.3 is 4.90 Å². The maximum atomic E-state index is 12.6. The van der Waals surface area contributed by atoms with Crippen LogP contribution in [0, 0.1) is 5.92 Å². The van der Waals surface area contributed by atoms with Gasteiger partial charge in [0.05, 0.1) is 5.56 Å². The number of hydrogen-bond acceptors (Lipinski definition) is 2. The van der Waals surface area contributed by atoms with Crippen molar-refractivity contribution in [3.63, 3.8) is 0 Å². The predicted octanol–water partition coefficient (Wildman–Crippen LogP) is 4.39. The van der Waals surface area contributed by atoms with Crippen LogP contribution < -0.4 is 0 Å². The summed E-state index contributed by atoms with van der Waals surface area (Å²) < 4.78 is 0.839. The number of rotatable bonds is 2. The van der Waals surface area contributed by atoms with Gasteiger partial charge in [0.1, 0.15) is 0 Å². The molecule has 0 spiro atoms. The molecule has 0 bridgehead atoms. The lowest BCUT2D eigenvalue weighted by Gasteiger charge is -2.34. The average molecular weight is 342 g/mol. The lowest BCUT2D eigenvalue weighted by atomic mass is 9.86. The molecule has 1 aliphatic rings. The van der Waals surface area contributed by atoms with E-state index in [1.807, 2.05) is 30.1 Å². The van der Waals surface area contributed by atoms with Gasteiger partial charge in [-0.2, -0.15) is 0 Å². The number of hydrogen-bond donors (Lipinski definition) is 1. The highest BCUT2D eigenvalue weighted by atomic mass is 79.9. The Morgan fingerprint density at radius 3 is 2.84 bits per heavy atom. The Morgan fingerprint density at radius 2 is 2.16 bits per heavy atom. The van der Waals surface area contributed by atoms with Crippen LogP contribution in [0.25, 0.3) is 0 Å². The van der Waals surface area contributed by atoms with Crippen LogP contribution in [0.5, 0.6) is 0 Å². The fourth-order valence-corrected chi connectivity index (χ4v) is 3.41. The Labute approximate surface area is 129 Å². The van der Waals surface area contributed by atoms with Gasteiger partial charge in [0.2, 0.25) is 0 Å². The summed E-state index contributed by atoms with van der Waals surface area (Å²) in [5.74, 6) is 0.801. The molecule has 2 unspecified atom stereocenters. The van der Waals surface area contributed by atoms with Crippen molar-refractivity contribution in [3.05, 3.63) is 28.2 Å². The summed E-state index contributed by atoms with van der Waals surface area (Å²) >= 11 is 7.77. The zero-order chi connectivity index (χ0) is 14.0. The SMILES string of the molecule is CC1CCCC(N(C)C(=O)c2cc(S)ccc2Br)C1. The van der Waals surface area contributed by atoms with Crippen molar-refractivity contribution in [2.24, 2.45) is 5.92 Å². The first-order chi connectivity index (χ1) is 8.99. The third-order valence-corrected chi connectivity index (χ3v) is 4.93. The average Bonchev–Trinajstić information content (AvgIpc) is 2.40. The van der Waals surface area contributed by atoms with E-state index in [1.165, 1.54) is 12.8 Å². The molecule has 104 valence electrons. The first-order valence-electron chi connectivity index (χ1n) is 6.74. The molecular weight excluding hydrogens is 322 g/mol. The molecule has 2 atom stereocenters. The van der Waals surface area contributed by atoms with Gasteiger partial charge in [0.15, 0.2) is 0 Å². The van der Waals surface area contributed by atoms with E-state index in [1.54, 1.807) is 0 Å². The van der Waals surface area contributed by atoms with E-state index in [9.17, 15) is 4.79 Å². The lowest BCUT2D eigenvalue weighted by Crippen LogP contribution is -2.40. The Balaban J connectivity index is 2.16. The van der Waals surface area contributed by atoms with Crippen molar-refractivity contribution in [2.45, 2.75) is 43.5 Å². The lowest BCUT2D eigenvalue weighted by molar-refractivity contribution is 0.0671. The minimum absolute atomic E-state index is 0.0851. The molecule has 0 aromatic heterocycles. The van der Waals surface area contributed by atoms with E-state index in [4.69, 9.17) is 0 Å². The second kappa shape index (κ2) is 6.31. The van der Waals surface area contributed by atoms with Crippen molar-refractivity contribution in [1.82, 2.24) is 4.90 Å². The molecule has 1 aromatic carbocycles. The number of thiol groups is 1. The summed E-state index contributed by atoms with van der Waals surface area (Å²) in [4.78, 5) is 15.3. The first kappa shape index (κ1) is 14.9. The maximum absolute atomic E-state index is 12.6. The van der Waals surface area contributed by atoms with E-state index in [-0.39, 0.29) is 5.91 Å². The van der Waals surface area contributed by atoms with Crippen molar-refractivity contribution in [3.8, 4) is 0 Å². The van der Waals surface area contributed by atoms with Gasteiger partial charge in [-0.15, -0.1) is 12.6 Å². The van der Waals surface area contributed by atoms with Crippen LogP contribution in [0.4, 0.5) is 0 Å². The summed E-state index contributed by atoms with van der Waals surface area (Å²) in [5.41, 5.74) is 0.702. The monoisotopic (exact) mass is 341 g/mol. The molecule has 2 nitrogen and oxygen atoms in total. The molecule has 0 aliphatic heterocycles. The zero-order valence-electron chi connectivity index (χ0n) is 11.4. The predicted molar refractivity (Wildman–Crippen MR) is 84.9 cm³/mol. The topological polar surface area (TPSA) is 20.3 Å². The smallest absolute Gasteiger partial charge is 0.255 e. The molecule has 0 heterocycles. The Morgan fingerprint density at radius 1 is 1.42 bits per heavy atom. The van der Waals surface area contributed by atoms with Gasteiger partial charge in [-0.25, -0.2) is 0 Å². The third-order valence-electron chi connectivity index (χ3n) is 3.96. The molecule has 0 radical (unpaired) electrons. The Hall–Kier alpha value is -0.480. The number of nitrogens with zero attached hydrogens (tertiary/aromatic N) is 1. The quantitative estimate of drug-likeness (QED) is 0.791.